The molecule has 4 rings (SSSR count). The van der Waals surface area contributed by atoms with E-state index >= 15 is 0 Å². The Hall–Kier alpha value is -4.11. The summed E-state index contributed by atoms with van der Waals surface area (Å²) < 4.78 is 5.49. The summed E-state index contributed by atoms with van der Waals surface area (Å²) in [7, 11) is 1.67. The number of benzene rings is 3. The third kappa shape index (κ3) is 6.86. The molecule has 2 N–H and O–H groups in total. The highest BCUT2D eigenvalue weighted by Crippen LogP contribution is 2.23. The molecule has 1 heterocycles. The molecule has 3 aromatic carbocycles. The Morgan fingerprint density at radius 3 is 2.28 bits per heavy atom. The number of carboxylic acid groups (broad SMARTS) is 1. The van der Waals surface area contributed by atoms with Gasteiger partial charge in [0.25, 0.3) is 0 Å². The van der Waals surface area contributed by atoms with Crippen molar-refractivity contribution >= 4 is 28.9 Å². The fourth-order valence-electron chi connectivity index (χ4n) is 4.89. The van der Waals surface area contributed by atoms with Gasteiger partial charge in [0.2, 0.25) is 5.96 Å². The first kappa shape index (κ1) is 27.9. The number of urea groups is 1. The molecule has 0 bridgehead atoms. The van der Waals surface area contributed by atoms with Crippen molar-refractivity contribution in [3.05, 3.63) is 77.9 Å². The first-order valence-electron chi connectivity index (χ1n) is 13.1. The number of hydrogen-bond donors (Lipinski definition) is 2. The Morgan fingerprint density at radius 2 is 1.59 bits per heavy atom. The van der Waals surface area contributed by atoms with Crippen molar-refractivity contribution in [1.82, 2.24) is 20.0 Å². The van der Waals surface area contributed by atoms with Crippen LogP contribution in [0.2, 0.25) is 0 Å². The van der Waals surface area contributed by atoms with Crippen LogP contribution in [0.5, 0.6) is 5.75 Å². The Labute approximate surface area is 229 Å². The average Bonchev–Trinajstić information content (AvgIpc) is 2.91. The van der Waals surface area contributed by atoms with E-state index in [1.54, 1.807) is 12.0 Å². The van der Waals surface area contributed by atoms with Crippen molar-refractivity contribution in [3.8, 4) is 5.75 Å². The predicted octanol–water partition coefficient (Wildman–Crippen LogP) is 5.01. The molecule has 1 aliphatic heterocycles. The number of amides is 3. The molecule has 0 aromatic heterocycles. The quantitative estimate of drug-likeness (QED) is 0.355. The lowest BCUT2D eigenvalue weighted by molar-refractivity contribution is 0.106. The number of para-hydroxylation sites is 1. The minimum absolute atomic E-state index is 0.0179. The van der Waals surface area contributed by atoms with Gasteiger partial charge in [0.1, 0.15) is 5.75 Å². The van der Waals surface area contributed by atoms with E-state index in [4.69, 9.17) is 4.74 Å². The minimum atomic E-state index is -1.36. The highest BCUT2D eigenvalue weighted by molar-refractivity contribution is 6.01. The van der Waals surface area contributed by atoms with E-state index in [0.29, 0.717) is 32.7 Å². The van der Waals surface area contributed by atoms with Crippen LogP contribution in [0.4, 0.5) is 9.59 Å². The molecule has 0 unspecified atom stereocenters. The molecule has 0 spiro atoms. The summed E-state index contributed by atoms with van der Waals surface area (Å²) in [6.45, 7) is 9.09. The number of nitrogens with zero attached hydrogens (tertiary/aromatic N) is 4. The van der Waals surface area contributed by atoms with Crippen molar-refractivity contribution in [1.29, 1.82) is 0 Å². The number of ether oxygens (including phenoxy) is 1. The van der Waals surface area contributed by atoms with E-state index in [1.807, 2.05) is 87.5 Å². The van der Waals surface area contributed by atoms with Gasteiger partial charge in [0, 0.05) is 50.4 Å². The number of carbonyl (C=O) groups is 2. The molecule has 0 atom stereocenters. The molecule has 3 aromatic rings. The zero-order valence-electron chi connectivity index (χ0n) is 23.1. The zero-order chi connectivity index (χ0) is 28.0. The summed E-state index contributed by atoms with van der Waals surface area (Å²) in [6, 6.07) is 21.7. The maximum Gasteiger partial charge on any atom is 0.434 e. The van der Waals surface area contributed by atoms with E-state index in [2.05, 4.69) is 15.2 Å². The molecule has 1 saturated heterocycles. The summed E-state index contributed by atoms with van der Waals surface area (Å²) in [6.07, 6.45) is -1.36. The summed E-state index contributed by atoms with van der Waals surface area (Å²) in [5, 5.41) is 14.9. The highest BCUT2D eigenvalue weighted by atomic mass is 16.5. The van der Waals surface area contributed by atoms with Crippen molar-refractivity contribution in [2.45, 2.75) is 39.4 Å². The van der Waals surface area contributed by atoms with Crippen molar-refractivity contribution in [2.24, 2.45) is 4.99 Å². The van der Waals surface area contributed by atoms with Crippen LogP contribution in [0.1, 0.15) is 31.9 Å². The largest absolute Gasteiger partial charge is 0.496 e. The maximum atomic E-state index is 13.9. The van der Waals surface area contributed by atoms with Crippen LogP contribution in [0.15, 0.2) is 71.7 Å². The number of carbonyl (C=O) groups excluding carboxylic acids is 1. The van der Waals surface area contributed by atoms with E-state index in [1.165, 1.54) is 4.90 Å². The van der Waals surface area contributed by atoms with Crippen LogP contribution in [0, 0.1) is 0 Å². The van der Waals surface area contributed by atoms with Crippen LogP contribution in [-0.4, -0.2) is 76.7 Å². The Kier molecular flexibility index (Phi) is 8.71. The SMILES string of the molecule is COc1ccccc1CN1CCN(C(=O)N(C(=NC(=O)O)NCc2cccc3ccccc23)C(C)(C)C)CC1. The van der Waals surface area contributed by atoms with Crippen LogP contribution in [0.25, 0.3) is 10.8 Å². The topological polar surface area (TPSA) is 97.7 Å². The van der Waals surface area contributed by atoms with Gasteiger partial charge in [-0.3, -0.25) is 9.80 Å². The molecule has 1 fully saturated rings. The molecule has 0 radical (unpaired) electrons. The summed E-state index contributed by atoms with van der Waals surface area (Å²) in [4.78, 5) is 34.9. The van der Waals surface area contributed by atoms with Gasteiger partial charge in [-0.05, 0) is 43.2 Å². The van der Waals surface area contributed by atoms with Gasteiger partial charge in [-0.25, -0.2) is 9.59 Å². The molecule has 9 nitrogen and oxygen atoms in total. The molecule has 39 heavy (non-hydrogen) atoms. The molecular weight excluding hydrogens is 494 g/mol. The second-order valence-electron chi connectivity index (χ2n) is 10.6. The highest BCUT2D eigenvalue weighted by Gasteiger charge is 2.36. The second-order valence-corrected chi connectivity index (χ2v) is 10.6. The van der Waals surface area contributed by atoms with E-state index in [0.717, 1.165) is 34.2 Å². The number of methoxy groups -OCH3 is 1. The third-order valence-corrected chi connectivity index (χ3v) is 6.82. The average molecular weight is 532 g/mol. The molecule has 3 amide bonds. The monoisotopic (exact) mass is 531 g/mol. The third-order valence-electron chi connectivity index (χ3n) is 6.82. The van der Waals surface area contributed by atoms with Gasteiger partial charge in [-0.1, -0.05) is 60.7 Å². The van der Waals surface area contributed by atoms with Crippen molar-refractivity contribution in [3.63, 3.8) is 0 Å². The fourth-order valence-corrected chi connectivity index (χ4v) is 4.89. The van der Waals surface area contributed by atoms with Crippen LogP contribution >= 0.6 is 0 Å². The number of fused-ring (bicyclic) bond motifs is 1. The van der Waals surface area contributed by atoms with Gasteiger partial charge in [-0.15, -0.1) is 4.99 Å². The van der Waals surface area contributed by atoms with Gasteiger partial charge in [0.05, 0.1) is 7.11 Å². The van der Waals surface area contributed by atoms with E-state index < -0.39 is 11.6 Å². The summed E-state index contributed by atoms with van der Waals surface area (Å²) >= 11 is 0. The van der Waals surface area contributed by atoms with Gasteiger partial charge < -0.3 is 20.1 Å². The number of nitrogens with one attached hydrogen (secondary N) is 1. The van der Waals surface area contributed by atoms with Gasteiger partial charge in [0.15, 0.2) is 0 Å². The standard InChI is InChI=1S/C30H37N5O4/c1-30(2,3)35(27(32-28(36)37)31-20-23-13-9-12-22-10-5-7-14-25(22)23)29(38)34-18-16-33(17-19-34)21-24-11-6-8-15-26(24)39-4/h5-15H,16-21H2,1-4H3,(H,31,32)(H,36,37). The first-order valence-corrected chi connectivity index (χ1v) is 13.1. The number of rotatable bonds is 5. The number of hydrogen-bond acceptors (Lipinski definition) is 4. The molecule has 9 heteroatoms. The fraction of sp³-hybridized carbons (Fsp3) is 0.367. The molecule has 206 valence electrons. The first-order chi connectivity index (χ1) is 18.7. The Morgan fingerprint density at radius 1 is 0.949 bits per heavy atom. The summed E-state index contributed by atoms with van der Waals surface area (Å²) in [5.74, 6) is 0.867. The second kappa shape index (κ2) is 12.2. The van der Waals surface area contributed by atoms with Crippen LogP contribution in [-0.2, 0) is 13.1 Å². The number of piperazine rings is 1. The maximum absolute atomic E-state index is 13.9. The summed E-state index contributed by atoms with van der Waals surface area (Å²) in [5.41, 5.74) is 1.37. The normalized spacial score (nSPS) is 14.8. The van der Waals surface area contributed by atoms with Crippen LogP contribution < -0.4 is 10.1 Å². The number of aliphatic imine (C=N–C) groups is 1. The van der Waals surface area contributed by atoms with E-state index in [9.17, 15) is 14.7 Å². The lowest BCUT2D eigenvalue weighted by atomic mass is 10.0. The molecule has 0 saturated carbocycles. The predicted molar refractivity (Wildman–Crippen MR) is 153 cm³/mol. The lowest BCUT2D eigenvalue weighted by Crippen LogP contribution is -2.61. The molecule has 0 aliphatic carbocycles. The smallest absolute Gasteiger partial charge is 0.434 e. The van der Waals surface area contributed by atoms with E-state index in [-0.39, 0.29) is 12.0 Å². The lowest BCUT2D eigenvalue weighted by Gasteiger charge is -2.42. The van der Waals surface area contributed by atoms with Gasteiger partial charge >= 0.3 is 12.1 Å². The Bertz CT molecular complexity index is 1340. The van der Waals surface area contributed by atoms with Crippen LogP contribution in [0.3, 0.4) is 0 Å². The van der Waals surface area contributed by atoms with Crippen molar-refractivity contribution < 1.29 is 19.4 Å². The zero-order valence-corrected chi connectivity index (χ0v) is 23.1. The molecule has 1 aliphatic rings. The minimum Gasteiger partial charge on any atom is -0.496 e. The van der Waals surface area contributed by atoms with Gasteiger partial charge in [-0.2, -0.15) is 0 Å². The Balaban J connectivity index is 1.49. The number of guanidine groups is 1. The molecular formula is C30H37N5O4. The van der Waals surface area contributed by atoms with Crippen molar-refractivity contribution in [2.75, 3.05) is 33.3 Å².